The molecule has 0 bridgehead atoms. The number of amides is 2. The smallest absolute Gasteiger partial charge is 0.407 e. The molecule has 3 N–H and O–H groups in total. The molecule has 2 aromatic rings. The molecule has 2 aliphatic carbocycles. The molecule has 4 rings (SSSR count). The monoisotopic (exact) mass is 466 g/mol. The molecule has 0 aliphatic heterocycles. The summed E-state index contributed by atoms with van der Waals surface area (Å²) < 4.78 is 5.67. The lowest BCUT2D eigenvalue weighted by Gasteiger charge is -2.32. The second-order valence-electron chi connectivity index (χ2n) is 9.05. The number of carboxylic acid groups (broad SMARTS) is 1. The summed E-state index contributed by atoms with van der Waals surface area (Å²) in [7, 11) is 0. The van der Waals surface area contributed by atoms with Gasteiger partial charge in [0.1, 0.15) is 13.2 Å². The highest BCUT2D eigenvalue weighted by molar-refractivity contribution is 5.83. The van der Waals surface area contributed by atoms with Crippen LogP contribution in [0.3, 0.4) is 0 Å². The molecule has 34 heavy (non-hydrogen) atoms. The predicted octanol–water partition coefficient (Wildman–Crippen LogP) is 3.13. The zero-order valence-electron chi connectivity index (χ0n) is 19.0. The Balaban J connectivity index is 1.42. The Kier molecular flexibility index (Phi) is 7.17. The van der Waals surface area contributed by atoms with Crippen LogP contribution < -0.4 is 5.32 Å². The van der Waals surface area contributed by atoms with Crippen molar-refractivity contribution in [1.29, 1.82) is 0 Å². The quantitative estimate of drug-likeness (QED) is 0.523. The van der Waals surface area contributed by atoms with Crippen LogP contribution >= 0.6 is 0 Å². The van der Waals surface area contributed by atoms with Crippen molar-refractivity contribution in [3.8, 4) is 11.1 Å². The normalized spacial score (nSPS) is 15.9. The molecule has 2 amide bonds. The van der Waals surface area contributed by atoms with Crippen molar-refractivity contribution in [3.63, 3.8) is 0 Å². The molecule has 0 unspecified atom stereocenters. The molecule has 0 saturated heterocycles. The lowest BCUT2D eigenvalue weighted by Crippen LogP contribution is -2.51. The van der Waals surface area contributed by atoms with E-state index in [1.165, 1.54) is 0 Å². The summed E-state index contributed by atoms with van der Waals surface area (Å²) in [5.74, 6) is -1.61. The Hall–Kier alpha value is -3.39. The molecule has 1 saturated carbocycles. The average molecular weight is 467 g/mol. The van der Waals surface area contributed by atoms with Crippen molar-refractivity contribution in [1.82, 2.24) is 10.2 Å². The van der Waals surface area contributed by atoms with Gasteiger partial charge in [0.25, 0.3) is 0 Å². The van der Waals surface area contributed by atoms with Crippen LogP contribution in [-0.2, 0) is 14.3 Å². The fraction of sp³-hybridized carbons (Fsp3) is 0.423. The van der Waals surface area contributed by atoms with Gasteiger partial charge in [-0.1, -0.05) is 61.4 Å². The van der Waals surface area contributed by atoms with Crippen LogP contribution in [0.2, 0.25) is 0 Å². The molecule has 0 aromatic heterocycles. The van der Waals surface area contributed by atoms with Crippen molar-refractivity contribution in [3.05, 3.63) is 59.7 Å². The zero-order chi connectivity index (χ0) is 24.1. The molecule has 0 radical (unpaired) electrons. The van der Waals surface area contributed by atoms with Gasteiger partial charge in [-0.15, -0.1) is 0 Å². The number of fused-ring (bicyclic) bond motifs is 3. The van der Waals surface area contributed by atoms with E-state index in [4.69, 9.17) is 9.84 Å². The van der Waals surface area contributed by atoms with E-state index in [9.17, 15) is 19.5 Å². The molecular weight excluding hydrogens is 436 g/mol. The maximum atomic E-state index is 12.8. The number of ether oxygens (including phenoxy) is 1. The minimum atomic E-state index is -1.15. The second-order valence-corrected chi connectivity index (χ2v) is 9.05. The summed E-state index contributed by atoms with van der Waals surface area (Å²) in [6.07, 6.45) is 2.34. The number of aliphatic carboxylic acids is 1. The molecule has 0 spiro atoms. The van der Waals surface area contributed by atoms with Crippen LogP contribution in [0.5, 0.6) is 0 Å². The number of nitrogens with one attached hydrogen (secondary N) is 1. The van der Waals surface area contributed by atoms with Crippen LogP contribution in [0.1, 0.15) is 49.1 Å². The van der Waals surface area contributed by atoms with Crippen molar-refractivity contribution in [2.45, 2.75) is 43.6 Å². The first-order valence-electron chi connectivity index (χ1n) is 11.7. The number of carboxylic acids is 1. The van der Waals surface area contributed by atoms with Crippen LogP contribution in [-0.4, -0.2) is 64.9 Å². The van der Waals surface area contributed by atoms with Crippen LogP contribution in [0.15, 0.2) is 48.5 Å². The number of alkyl carbamates (subject to hydrolysis) is 1. The number of hydrogen-bond donors (Lipinski definition) is 3. The fourth-order valence-corrected chi connectivity index (χ4v) is 5.23. The number of rotatable bonds is 9. The minimum absolute atomic E-state index is 0.0233. The molecule has 2 aromatic carbocycles. The van der Waals surface area contributed by atoms with E-state index in [0.29, 0.717) is 12.8 Å². The number of carbonyl (C=O) groups is 3. The Morgan fingerprint density at radius 2 is 1.59 bits per heavy atom. The number of aliphatic hydroxyl groups is 1. The van der Waals surface area contributed by atoms with Crippen LogP contribution in [0.4, 0.5) is 4.79 Å². The first kappa shape index (κ1) is 23.8. The molecule has 8 heteroatoms. The van der Waals surface area contributed by atoms with E-state index >= 15 is 0 Å². The van der Waals surface area contributed by atoms with Gasteiger partial charge in [-0.3, -0.25) is 9.59 Å². The lowest BCUT2D eigenvalue weighted by molar-refractivity contribution is -0.145. The van der Waals surface area contributed by atoms with Gasteiger partial charge in [-0.25, -0.2) is 4.79 Å². The average Bonchev–Trinajstić information content (AvgIpc) is 3.39. The Labute approximate surface area is 198 Å². The van der Waals surface area contributed by atoms with Crippen molar-refractivity contribution < 1.29 is 29.3 Å². The highest BCUT2D eigenvalue weighted by Crippen LogP contribution is 2.44. The molecule has 2 aliphatic rings. The minimum Gasteiger partial charge on any atom is -0.480 e. The third-order valence-corrected chi connectivity index (χ3v) is 6.81. The summed E-state index contributed by atoms with van der Waals surface area (Å²) in [5.41, 5.74) is 3.76. The van der Waals surface area contributed by atoms with E-state index in [1.54, 1.807) is 0 Å². The van der Waals surface area contributed by atoms with E-state index in [2.05, 4.69) is 29.6 Å². The summed E-state index contributed by atoms with van der Waals surface area (Å²) in [4.78, 5) is 37.9. The van der Waals surface area contributed by atoms with Crippen molar-refractivity contribution in [2.75, 3.05) is 26.3 Å². The molecular formula is C26H30N2O6. The van der Waals surface area contributed by atoms with E-state index < -0.39 is 30.1 Å². The van der Waals surface area contributed by atoms with Gasteiger partial charge < -0.3 is 25.2 Å². The second kappa shape index (κ2) is 10.3. The number of aliphatic hydroxyl groups excluding tert-OH is 1. The number of nitrogens with zero attached hydrogens (tertiary/aromatic N) is 1. The fourth-order valence-electron chi connectivity index (χ4n) is 5.23. The SMILES string of the molecule is O=C(O)CN(CCO)C(=O)CC1(NC(=O)OCC2c3ccccc3-c3ccccc32)CCCC1. The van der Waals surface area contributed by atoms with E-state index in [-0.39, 0.29) is 32.1 Å². The van der Waals surface area contributed by atoms with Gasteiger partial charge in [0.05, 0.1) is 18.6 Å². The van der Waals surface area contributed by atoms with Gasteiger partial charge in [-0.05, 0) is 35.1 Å². The highest BCUT2D eigenvalue weighted by atomic mass is 16.5. The molecule has 1 fully saturated rings. The van der Waals surface area contributed by atoms with Crippen molar-refractivity contribution >= 4 is 18.0 Å². The highest BCUT2D eigenvalue weighted by Gasteiger charge is 2.39. The Morgan fingerprint density at radius 3 is 2.15 bits per heavy atom. The van der Waals surface area contributed by atoms with Gasteiger partial charge in [0, 0.05) is 12.5 Å². The third kappa shape index (κ3) is 5.07. The van der Waals surface area contributed by atoms with Crippen LogP contribution in [0, 0.1) is 0 Å². The van der Waals surface area contributed by atoms with Gasteiger partial charge in [-0.2, -0.15) is 0 Å². The first-order valence-corrected chi connectivity index (χ1v) is 11.7. The summed E-state index contributed by atoms with van der Waals surface area (Å²) in [5, 5.41) is 21.2. The Morgan fingerprint density at radius 1 is 1.00 bits per heavy atom. The van der Waals surface area contributed by atoms with E-state index in [0.717, 1.165) is 40.0 Å². The molecule has 0 heterocycles. The maximum absolute atomic E-state index is 12.8. The first-order chi connectivity index (χ1) is 16.4. The van der Waals surface area contributed by atoms with E-state index in [1.807, 2.05) is 24.3 Å². The van der Waals surface area contributed by atoms with Gasteiger partial charge >= 0.3 is 12.1 Å². The molecule has 0 atom stereocenters. The topological polar surface area (TPSA) is 116 Å². The Bertz CT molecular complexity index is 1020. The number of hydrogen-bond acceptors (Lipinski definition) is 5. The zero-order valence-corrected chi connectivity index (χ0v) is 19.0. The van der Waals surface area contributed by atoms with Gasteiger partial charge in [0.2, 0.25) is 5.91 Å². The molecule has 180 valence electrons. The van der Waals surface area contributed by atoms with Crippen molar-refractivity contribution in [2.24, 2.45) is 0 Å². The lowest BCUT2D eigenvalue weighted by atomic mass is 9.92. The predicted molar refractivity (Wildman–Crippen MR) is 125 cm³/mol. The summed E-state index contributed by atoms with van der Waals surface area (Å²) in [6, 6.07) is 16.2. The molecule has 8 nitrogen and oxygen atoms in total. The summed E-state index contributed by atoms with van der Waals surface area (Å²) >= 11 is 0. The number of benzene rings is 2. The standard InChI is InChI=1S/C26H30N2O6/c29-14-13-28(16-24(31)32)23(30)15-26(11-5-6-12-26)27-25(33)34-17-22-20-9-3-1-7-18(20)19-8-2-4-10-21(19)22/h1-4,7-10,22,29H,5-6,11-17H2,(H,27,33)(H,31,32). The maximum Gasteiger partial charge on any atom is 0.407 e. The largest absolute Gasteiger partial charge is 0.480 e. The van der Waals surface area contributed by atoms with Crippen LogP contribution in [0.25, 0.3) is 11.1 Å². The van der Waals surface area contributed by atoms with Gasteiger partial charge in [0.15, 0.2) is 0 Å². The summed E-state index contributed by atoms with van der Waals surface area (Å²) in [6.45, 7) is -0.696. The number of carbonyl (C=O) groups excluding carboxylic acids is 2. The third-order valence-electron chi connectivity index (χ3n) is 6.81.